The molecule has 0 amide bonds. The van der Waals surface area contributed by atoms with Gasteiger partial charge in [-0.15, -0.1) is 0 Å². The third-order valence-corrected chi connectivity index (χ3v) is 11.4. The SMILES string of the molecule is CCCC1OC2CC3C4CCC5=CC(=O)C=CC5(C)C4C(O)CC3(C)C2(C(=O)COC2CC(C)CC(C(=O)O)O2)O1. The highest BCUT2D eigenvalue weighted by Crippen LogP contribution is 2.69. The number of fused-ring (bicyclic) bond motifs is 7. The number of ketones is 2. The van der Waals surface area contributed by atoms with Gasteiger partial charge in [0.1, 0.15) is 6.61 Å². The zero-order valence-corrected chi connectivity index (χ0v) is 24.5. The van der Waals surface area contributed by atoms with Crippen LogP contribution in [0.15, 0.2) is 23.8 Å². The Morgan fingerprint density at radius 2 is 1.95 bits per heavy atom. The number of carboxylic acid groups (broad SMARTS) is 1. The van der Waals surface area contributed by atoms with Gasteiger partial charge in [0.05, 0.1) is 12.2 Å². The maximum absolute atomic E-state index is 14.4. The van der Waals surface area contributed by atoms with E-state index in [1.807, 2.05) is 13.0 Å². The van der Waals surface area contributed by atoms with Gasteiger partial charge >= 0.3 is 5.97 Å². The summed E-state index contributed by atoms with van der Waals surface area (Å²) in [5.74, 6) is -1.01. The number of allylic oxidation sites excluding steroid dienone is 4. The summed E-state index contributed by atoms with van der Waals surface area (Å²) in [6, 6.07) is 0. The van der Waals surface area contributed by atoms with E-state index in [-0.39, 0.29) is 41.8 Å². The molecule has 6 rings (SSSR count). The minimum Gasteiger partial charge on any atom is -0.479 e. The zero-order chi connectivity index (χ0) is 29.3. The smallest absolute Gasteiger partial charge is 0.332 e. The summed E-state index contributed by atoms with van der Waals surface area (Å²) in [6.45, 7) is 7.95. The molecule has 9 heteroatoms. The van der Waals surface area contributed by atoms with Crippen molar-refractivity contribution in [1.82, 2.24) is 0 Å². The first-order valence-electron chi connectivity index (χ1n) is 15.4. The lowest BCUT2D eigenvalue weighted by Crippen LogP contribution is -2.63. The van der Waals surface area contributed by atoms with Gasteiger partial charge < -0.3 is 29.2 Å². The minimum atomic E-state index is -1.27. The van der Waals surface area contributed by atoms with Crippen molar-refractivity contribution < 1.29 is 43.5 Å². The largest absolute Gasteiger partial charge is 0.479 e. The molecule has 2 N–H and O–H groups in total. The molecule has 0 aromatic carbocycles. The van der Waals surface area contributed by atoms with Crippen LogP contribution in [0.5, 0.6) is 0 Å². The average Bonchev–Trinajstić information content (AvgIpc) is 3.39. The molecule has 0 aromatic heterocycles. The van der Waals surface area contributed by atoms with E-state index in [0.29, 0.717) is 32.1 Å². The van der Waals surface area contributed by atoms with Crippen molar-refractivity contribution >= 4 is 17.5 Å². The first-order chi connectivity index (χ1) is 19.4. The number of ether oxygens (including phenoxy) is 4. The fourth-order valence-corrected chi connectivity index (χ4v) is 9.63. The molecule has 0 spiro atoms. The highest BCUT2D eigenvalue weighted by molar-refractivity contribution is 6.01. The van der Waals surface area contributed by atoms with Crippen molar-refractivity contribution in [3.63, 3.8) is 0 Å². The van der Waals surface area contributed by atoms with Crippen LogP contribution in [0, 0.1) is 34.5 Å². The van der Waals surface area contributed by atoms with Crippen LogP contribution >= 0.6 is 0 Å². The molecular weight excluding hydrogens is 528 g/mol. The molecule has 226 valence electrons. The summed E-state index contributed by atoms with van der Waals surface area (Å²) in [5.41, 5.74) is -1.27. The molecule has 2 saturated heterocycles. The van der Waals surface area contributed by atoms with E-state index in [0.717, 1.165) is 24.8 Å². The Balaban J connectivity index is 1.29. The lowest BCUT2D eigenvalue weighted by molar-refractivity contribution is -0.223. The van der Waals surface area contributed by atoms with Gasteiger partial charge in [0.2, 0.25) is 0 Å². The Labute approximate surface area is 241 Å². The monoisotopic (exact) mass is 572 g/mol. The molecule has 12 unspecified atom stereocenters. The molecule has 4 aliphatic carbocycles. The molecule has 9 nitrogen and oxygen atoms in total. The van der Waals surface area contributed by atoms with Gasteiger partial charge in [0.25, 0.3) is 0 Å². The summed E-state index contributed by atoms with van der Waals surface area (Å²) in [4.78, 5) is 38.1. The average molecular weight is 573 g/mol. The first kappa shape index (κ1) is 29.2. The zero-order valence-electron chi connectivity index (χ0n) is 24.5. The fraction of sp³-hybridized carbons (Fsp3) is 0.781. The van der Waals surface area contributed by atoms with Crippen molar-refractivity contribution in [3.8, 4) is 0 Å². The Hall–Kier alpha value is -1.91. The second-order valence-corrected chi connectivity index (χ2v) is 13.8. The number of hydrogen-bond acceptors (Lipinski definition) is 8. The lowest BCUT2D eigenvalue weighted by Gasteiger charge is -2.59. The molecule has 0 aromatic rings. The minimum absolute atomic E-state index is 0.000733. The van der Waals surface area contributed by atoms with Crippen molar-refractivity contribution in [2.24, 2.45) is 34.5 Å². The molecule has 0 bridgehead atoms. The van der Waals surface area contributed by atoms with Gasteiger partial charge in [-0.2, -0.15) is 0 Å². The second-order valence-electron chi connectivity index (χ2n) is 13.8. The number of carboxylic acids is 1. The van der Waals surface area contributed by atoms with E-state index in [4.69, 9.17) is 18.9 Å². The summed E-state index contributed by atoms with van der Waals surface area (Å²) < 4.78 is 24.8. The molecule has 6 aliphatic rings. The van der Waals surface area contributed by atoms with Gasteiger partial charge in [0.15, 0.2) is 35.9 Å². The summed E-state index contributed by atoms with van der Waals surface area (Å²) in [7, 11) is 0. The number of carbonyl (C=O) groups excluding carboxylic acids is 2. The topological polar surface area (TPSA) is 129 Å². The Morgan fingerprint density at radius 3 is 2.68 bits per heavy atom. The van der Waals surface area contributed by atoms with Gasteiger partial charge in [-0.1, -0.05) is 45.8 Å². The number of carbonyl (C=O) groups is 3. The van der Waals surface area contributed by atoms with Gasteiger partial charge in [-0.25, -0.2) is 4.79 Å². The quantitative estimate of drug-likeness (QED) is 0.466. The van der Waals surface area contributed by atoms with E-state index < -0.39 is 53.3 Å². The Kier molecular flexibility index (Phi) is 7.38. The van der Waals surface area contributed by atoms with Crippen LogP contribution in [0.2, 0.25) is 0 Å². The molecule has 0 radical (unpaired) electrons. The van der Waals surface area contributed by atoms with Crippen LogP contribution in [-0.2, 0) is 33.3 Å². The normalized spacial score (nSPS) is 48.6. The summed E-state index contributed by atoms with van der Waals surface area (Å²) in [5, 5.41) is 21.3. The predicted octanol–water partition coefficient (Wildman–Crippen LogP) is 3.97. The standard InChI is InChI=1S/C32H44O9/c1-5-6-26-40-25-14-21-20-8-7-18-13-19(33)9-10-30(18,3)28(20)22(34)15-31(21,4)32(25,41-26)24(35)16-38-27-12-17(2)11-23(39-27)29(36)37/h9-10,13,17,20-23,25-28,34H,5-8,11-12,14-16H2,1-4H3,(H,36,37). The maximum Gasteiger partial charge on any atom is 0.332 e. The van der Waals surface area contributed by atoms with Crippen LogP contribution in [-0.4, -0.2) is 70.8 Å². The Morgan fingerprint density at radius 1 is 1.17 bits per heavy atom. The van der Waals surface area contributed by atoms with E-state index in [1.165, 1.54) is 0 Å². The predicted molar refractivity (Wildman–Crippen MR) is 146 cm³/mol. The number of aliphatic hydroxyl groups is 1. The molecule has 41 heavy (non-hydrogen) atoms. The molecular formula is C32H44O9. The fourth-order valence-electron chi connectivity index (χ4n) is 9.63. The number of aliphatic carboxylic acids is 1. The van der Waals surface area contributed by atoms with Crippen molar-refractivity contribution in [1.29, 1.82) is 0 Å². The summed E-state index contributed by atoms with van der Waals surface area (Å²) in [6.07, 6.45) is 7.03. The van der Waals surface area contributed by atoms with Crippen LogP contribution in [0.25, 0.3) is 0 Å². The third kappa shape index (κ3) is 4.41. The lowest BCUT2D eigenvalue weighted by atomic mass is 9.46. The van der Waals surface area contributed by atoms with E-state index >= 15 is 0 Å². The highest BCUT2D eigenvalue weighted by Gasteiger charge is 2.75. The number of hydrogen-bond donors (Lipinski definition) is 2. The summed E-state index contributed by atoms with van der Waals surface area (Å²) >= 11 is 0. The highest BCUT2D eigenvalue weighted by atomic mass is 16.7. The van der Waals surface area contributed by atoms with Gasteiger partial charge in [-0.3, -0.25) is 9.59 Å². The van der Waals surface area contributed by atoms with Crippen LogP contribution in [0.4, 0.5) is 0 Å². The maximum atomic E-state index is 14.4. The van der Waals surface area contributed by atoms with Crippen LogP contribution in [0.3, 0.4) is 0 Å². The third-order valence-electron chi connectivity index (χ3n) is 11.4. The molecule has 3 saturated carbocycles. The van der Waals surface area contributed by atoms with E-state index in [9.17, 15) is 24.6 Å². The molecule has 5 fully saturated rings. The number of rotatable bonds is 7. The first-order valence-corrected chi connectivity index (χ1v) is 15.4. The van der Waals surface area contributed by atoms with Crippen LogP contribution in [0.1, 0.15) is 79.1 Å². The van der Waals surface area contributed by atoms with E-state index in [1.54, 1.807) is 12.2 Å². The van der Waals surface area contributed by atoms with Gasteiger partial charge in [-0.05, 0) is 68.4 Å². The Bertz CT molecular complexity index is 1160. The molecule has 12 atom stereocenters. The second kappa shape index (κ2) is 10.4. The van der Waals surface area contributed by atoms with Crippen molar-refractivity contribution in [3.05, 3.63) is 23.8 Å². The van der Waals surface area contributed by atoms with Crippen LogP contribution < -0.4 is 0 Å². The van der Waals surface area contributed by atoms with Crippen molar-refractivity contribution in [2.75, 3.05) is 6.61 Å². The number of aliphatic hydroxyl groups excluding tert-OH is 1. The van der Waals surface area contributed by atoms with Gasteiger partial charge in [0, 0.05) is 23.2 Å². The van der Waals surface area contributed by atoms with E-state index in [2.05, 4.69) is 20.8 Å². The van der Waals surface area contributed by atoms with Crippen molar-refractivity contribution in [2.45, 2.75) is 116 Å². The number of Topliss-reactive ketones (excluding diaryl/α,β-unsaturated/α-hetero) is 1. The molecule has 2 heterocycles. The molecule has 2 aliphatic heterocycles.